The van der Waals surface area contributed by atoms with Gasteiger partial charge in [-0.15, -0.1) is 0 Å². The van der Waals surface area contributed by atoms with Crippen LogP contribution in [-0.2, 0) is 5.41 Å². The van der Waals surface area contributed by atoms with Gasteiger partial charge in [0.15, 0.2) is 0 Å². The molecule has 0 bridgehead atoms. The summed E-state index contributed by atoms with van der Waals surface area (Å²) in [5.41, 5.74) is 15.5. The van der Waals surface area contributed by atoms with Crippen LogP contribution >= 0.6 is 0 Å². The second-order valence-corrected chi connectivity index (χ2v) is 13.3. The van der Waals surface area contributed by atoms with E-state index in [9.17, 15) is 0 Å². The maximum Gasteiger partial charge on any atom is 0.0159 e. The van der Waals surface area contributed by atoms with Gasteiger partial charge in [0.1, 0.15) is 0 Å². The van der Waals surface area contributed by atoms with Crippen LogP contribution in [0.25, 0.3) is 77.2 Å². The monoisotopic (exact) mass is 598 g/mol. The molecule has 0 heterocycles. The van der Waals surface area contributed by atoms with Crippen molar-refractivity contribution in [3.8, 4) is 55.6 Å². The largest absolute Gasteiger partial charge is 0.0622 e. The number of benzene rings is 8. The van der Waals surface area contributed by atoms with Crippen LogP contribution in [0.2, 0.25) is 0 Å². The van der Waals surface area contributed by atoms with Crippen molar-refractivity contribution in [3.05, 3.63) is 181 Å². The summed E-state index contributed by atoms with van der Waals surface area (Å²) in [7, 11) is 0. The van der Waals surface area contributed by atoms with Gasteiger partial charge in [0, 0.05) is 5.41 Å². The molecule has 0 atom stereocenters. The van der Waals surface area contributed by atoms with Crippen molar-refractivity contribution >= 4 is 21.5 Å². The molecular weight excluding hydrogens is 565 g/mol. The van der Waals surface area contributed by atoms with Crippen molar-refractivity contribution in [2.45, 2.75) is 19.3 Å². The molecule has 0 fully saturated rings. The van der Waals surface area contributed by atoms with Crippen LogP contribution in [0, 0.1) is 0 Å². The number of rotatable bonds is 4. The highest BCUT2D eigenvalue weighted by molar-refractivity contribution is 6.22. The minimum atomic E-state index is -0.0494. The Morgan fingerprint density at radius 3 is 1.51 bits per heavy atom. The standard InChI is InChI=1S/C47H34/c1-47(2)43-26-13-12-20-36(43)37-28-27-33(30-44(37)47)35-19-6-7-21-38(35)46-41-24-10-8-22-39(41)45(40-23-9-11-25-42(40)46)34-18-14-17-32(29-34)31-15-4-3-5-16-31/h3-30H,1-2H3. The maximum atomic E-state index is 2.45. The number of hydrogen-bond acceptors (Lipinski definition) is 0. The second-order valence-electron chi connectivity index (χ2n) is 13.3. The highest BCUT2D eigenvalue weighted by atomic mass is 14.4. The predicted molar refractivity (Wildman–Crippen MR) is 201 cm³/mol. The normalized spacial score (nSPS) is 13.1. The molecule has 0 saturated carbocycles. The lowest BCUT2D eigenvalue weighted by Gasteiger charge is -2.23. The summed E-state index contributed by atoms with van der Waals surface area (Å²) in [4.78, 5) is 0. The van der Waals surface area contributed by atoms with Gasteiger partial charge in [0.2, 0.25) is 0 Å². The molecule has 1 aliphatic rings. The minimum Gasteiger partial charge on any atom is -0.0622 e. The molecule has 0 heteroatoms. The molecule has 47 heavy (non-hydrogen) atoms. The van der Waals surface area contributed by atoms with Crippen molar-refractivity contribution < 1.29 is 0 Å². The van der Waals surface area contributed by atoms with Gasteiger partial charge in [-0.3, -0.25) is 0 Å². The molecule has 0 unspecified atom stereocenters. The van der Waals surface area contributed by atoms with Gasteiger partial charge >= 0.3 is 0 Å². The van der Waals surface area contributed by atoms with Crippen LogP contribution in [0.5, 0.6) is 0 Å². The van der Waals surface area contributed by atoms with E-state index in [1.54, 1.807) is 0 Å². The summed E-state index contributed by atoms with van der Waals surface area (Å²) >= 11 is 0. The lowest BCUT2D eigenvalue weighted by molar-refractivity contribution is 0.660. The van der Waals surface area contributed by atoms with E-state index in [1.165, 1.54) is 88.3 Å². The van der Waals surface area contributed by atoms with Gasteiger partial charge in [-0.1, -0.05) is 172 Å². The Balaban J connectivity index is 1.29. The van der Waals surface area contributed by atoms with Crippen LogP contribution in [0.4, 0.5) is 0 Å². The molecule has 1 aliphatic carbocycles. The van der Waals surface area contributed by atoms with Gasteiger partial charge < -0.3 is 0 Å². The Kier molecular flexibility index (Phi) is 6.27. The third-order valence-electron chi connectivity index (χ3n) is 10.3. The van der Waals surface area contributed by atoms with E-state index in [1.807, 2.05) is 0 Å². The van der Waals surface area contributed by atoms with E-state index >= 15 is 0 Å². The summed E-state index contributed by atoms with van der Waals surface area (Å²) in [6, 6.07) is 62.6. The van der Waals surface area contributed by atoms with Gasteiger partial charge in [-0.2, -0.15) is 0 Å². The SMILES string of the molecule is CC1(C)c2ccccc2-c2ccc(-c3ccccc3-c3c4ccccc4c(-c4cccc(-c5ccccc5)c4)c4ccccc34)cc21. The van der Waals surface area contributed by atoms with Gasteiger partial charge in [-0.25, -0.2) is 0 Å². The Morgan fingerprint density at radius 1 is 0.298 bits per heavy atom. The minimum absolute atomic E-state index is 0.0494. The molecule has 8 aromatic rings. The van der Waals surface area contributed by atoms with Crippen LogP contribution in [0.15, 0.2) is 170 Å². The average molecular weight is 599 g/mol. The van der Waals surface area contributed by atoms with E-state index in [4.69, 9.17) is 0 Å². The third kappa shape index (κ3) is 4.29. The summed E-state index contributed by atoms with van der Waals surface area (Å²) in [5, 5.41) is 5.08. The Labute approximate surface area is 276 Å². The topological polar surface area (TPSA) is 0 Å². The smallest absolute Gasteiger partial charge is 0.0159 e. The van der Waals surface area contributed by atoms with Gasteiger partial charge in [0.05, 0.1) is 0 Å². The van der Waals surface area contributed by atoms with E-state index in [-0.39, 0.29) is 5.41 Å². The van der Waals surface area contributed by atoms with Crippen molar-refractivity contribution in [2.75, 3.05) is 0 Å². The first-order chi connectivity index (χ1) is 23.1. The summed E-state index contributed by atoms with van der Waals surface area (Å²) in [6.07, 6.45) is 0. The third-order valence-corrected chi connectivity index (χ3v) is 10.3. The van der Waals surface area contributed by atoms with Crippen molar-refractivity contribution in [1.82, 2.24) is 0 Å². The highest BCUT2D eigenvalue weighted by Gasteiger charge is 2.35. The molecule has 0 spiro atoms. The Hall–Kier alpha value is -5.72. The highest BCUT2D eigenvalue weighted by Crippen LogP contribution is 2.51. The Morgan fingerprint density at radius 2 is 0.809 bits per heavy atom. The summed E-state index contributed by atoms with van der Waals surface area (Å²) < 4.78 is 0. The first kappa shape index (κ1) is 27.6. The fraction of sp³-hybridized carbons (Fsp3) is 0.0638. The lowest BCUT2D eigenvalue weighted by atomic mass is 9.80. The summed E-state index contributed by atoms with van der Waals surface area (Å²) in [5.74, 6) is 0. The fourth-order valence-corrected chi connectivity index (χ4v) is 8.04. The molecule has 222 valence electrons. The number of fused-ring (bicyclic) bond motifs is 5. The number of hydrogen-bond donors (Lipinski definition) is 0. The maximum absolute atomic E-state index is 2.45. The fourth-order valence-electron chi connectivity index (χ4n) is 8.04. The molecule has 8 aromatic carbocycles. The molecule has 0 radical (unpaired) electrons. The molecule has 0 N–H and O–H groups in total. The average Bonchev–Trinajstić information content (AvgIpc) is 3.36. The van der Waals surface area contributed by atoms with Crippen LogP contribution in [-0.4, -0.2) is 0 Å². The summed E-state index contributed by atoms with van der Waals surface area (Å²) in [6.45, 7) is 4.72. The van der Waals surface area contributed by atoms with Crippen molar-refractivity contribution in [1.29, 1.82) is 0 Å². The van der Waals surface area contributed by atoms with E-state index in [0.29, 0.717) is 0 Å². The quantitative estimate of drug-likeness (QED) is 0.177. The first-order valence-electron chi connectivity index (χ1n) is 16.5. The van der Waals surface area contributed by atoms with E-state index < -0.39 is 0 Å². The van der Waals surface area contributed by atoms with Gasteiger partial charge in [0.25, 0.3) is 0 Å². The van der Waals surface area contributed by atoms with Gasteiger partial charge in [-0.05, 0) is 100 Å². The molecule has 0 saturated heterocycles. The van der Waals surface area contributed by atoms with E-state index in [0.717, 1.165) is 0 Å². The molecule has 0 nitrogen and oxygen atoms in total. The lowest BCUT2D eigenvalue weighted by Crippen LogP contribution is -2.14. The zero-order valence-electron chi connectivity index (χ0n) is 26.7. The zero-order chi connectivity index (χ0) is 31.5. The molecular formula is C47H34. The molecule has 0 amide bonds. The second kappa shape index (κ2) is 10.7. The van der Waals surface area contributed by atoms with Crippen molar-refractivity contribution in [3.63, 3.8) is 0 Å². The van der Waals surface area contributed by atoms with Crippen molar-refractivity contribution in [2.24, 2.45) is 0 Å². The predicted octanol–water partition coefficient (Wildman–Crippen LogP) is 13.0. The first-order valence-corrected chi connectivity index (χ1v) is 16.5. The van der Waals surface area contributed by atoms with Crippen LogP contribution in [0.1, 0.15) is 25.0 Å². The van der Waals surface area contributed by atoms with Crippen LogP contribution in [0.3, 0.4) is 0 Å². The Bertz CT molecular complexity index is 2420. The molecule has 9 rings (SSSR count). The van der Waals surface area contributed by atoms with Crippen LogP contribution < -0.4 is 0 Å². The molecule has 0 aromatic heterocycles. The molecule has 0 aliphatic heterocycles. The zero-order valence-corrected chi connectivity index (χ0v) is 26.7. The van der Waals surface area contributed by atoms with E-state index in [2.05, 4.69) is 184 Å².